The molecule has 1 rings (SSSR count). The fourth-order valence-electron chi connectivity index (χ4n) is 1.73. The summed E-state index contributed by atoms with van der Waals surface area (Å²) in [5, 5.41) is 2.62. The molecule has 0 saturated heterocycles. The van der Waals surface area contributed by atoms with Gasteiger partial charge in [-0.1, -0.05) is 13.0 Å². The topological polar surface area (TPSA) is 73.9 Å². The van der Waals surface area contributed by atoms with E-state index in [-0.39, 0.29) is 12.5 Å². The summed E-state index contributed by atoms with van der Waals surface area (Å²) in [6.45, 7) is 4.62. The number of carbonyl (C=O) groups is 2. The van der Waals surface area contributed by atoms with Crippen LogP contribution in [0.1, 0.15) is 25.8 Å². The lowest BCUT2D eigenvalue weighted by Gasteiger charge is -2.09. The number of esters is 1. The molecule has 0 aliphatic heterocycles. The molecule has 126 valence electrons. The molecule has 23 heavy (non-hydrogen) atoms. The molecule has 0 bridgehead atoms. The quantitative estimate of drug-likeness (QED) is 0.557. The van der Waals surface area contributed by atoms with Crippen molar-refractivity contribution in [1.82, 2.24) is 5.32 Å². The van der Waals surface area contributed by atoms with Crippen molar-refractivity contribution < 1.29 is 23.8 Å². The van der Waals surface area contributed by atoms with Crippen molar-refractivity contribution in [2.75, 3.05) is 26.9 Å². The van der Waals surface area contributed by atoms with Gasteiger partial charge in [0.05, 0.1) is 13.7 Å². The highest BCUT2D eigenvalue weighted by molar-refractivity contribution is 5.89. The first-order valence-electron chi connectivity index (χ1n) is 7.53. The minimum atomic E-state index is -0.578. The van der Waals surface area contributed by atoms with E-state index in [2.05, 4.69) is 5.32 Å². The van der Waals surface area contributed by atoms with Gasteiger partial charge in [0.1, 0.15) is 0 Å². The number of hydrogen-bond donors (Lipinski definition) is 1. The Hall–Kier alpha value is -2.50. The van der Waals surface area contributed by atoms with E-state index in [4.69, 9.17) is 14.2 Å². The van der Waals surface area contributed by atoms with Crippen molar-refractivity contribution in [3.63, 3.8) is 0 Å². The number of benzene rings is 1. The molecule has 1 N–H and O–H groups in total. The fraction of sp³-hybridized carbons (Fsp3) is 0.412. The summed E-state index contributed by atoms with van der Waals surface area (Å²) in [7, 11) is 1.56. The Labute approximate surface area is 136 Å². The summed E-state index contributed by atoms with van der Waals surface area (Å²) >= 11 is 0. The third-order valence-corrected chi connectivity index (χ3v) is 2.82. The average Bonchev–Trinajstić information content (AvgIpc) is 2.56. The highest BCUT2D eigenvalue weighted by Crippen LogP contribution is 2.28. The highest BCUT2D eigenvalue weighted by atomic mass is 16.5. The second-order valence-corrected chi connectivity index (χ2v) is 4.63. The van der Waals surface area contributed by atoms with Crippen LogP contribution < -0.4 is 14.8 Å². The highest BCUT2D eigenvalue weighted by Gasteiger charge is 2.06. The van der Waals surface area contributed by atoms with E-state index < -0.39 is 5.97 Å². The van der Waals surface area contributed by atoms with Crippen molar-refractivity contribution in [1.29, 1.82) is 0 Å². The third-order valence-electron chi connectivity index (χ3n) is 2.82. The fourth-order valence-corrected chi connectivity index (χ4v) is 1.73. The van der Waals surface area contributed by atoms with Crippen molar-refractivity contribution >= 4 is 18.0 Å². The van der Waals surface area contributed by atoms with E-state index in [0.29, 0.717) is 24.7 Å². The molecule has 0 unspecified atom stereocenters. The van der Waals surface area contributed by atoms with Crippen LogP contribution in [0.25, 0.3) is 6.08 Å². The van der Waals surface area contributed by atoms with Gasteiger partial charge in [-0.15, -0.1) is 0 Å². The number of amides is 1. The molecular weight excluding hydrogens is 298 g/mol. The van der Waals surface area contributed by atoms with Gasteiger partial charge in [-0.05, 0) is 37.1 Å². The lowest BCUT2D eigenvalue weighted by molar-refractivity contribution is -0.143. The summed E-state index contributed by atoms with van der Waals surface area (Å²) in [6.07, 6.45) is 3.69. The lowest BCUT2D eigenvalue weighted by atomic mass is 10.2. The second kappa shape index (κ2) is 10.3. The smallest absolute Gasteiger partial charge is 0.331 e. The van der Waals surface area contributed by atoms with Crippen LogP contribution in [-0.2, 0) is 14.3 Å². The molecule has 0 heterocycles. The van der Waals surface area contributed by atoms with Crippen LogP contribution in [0.4, 0.5) is 0 Å². The van der Waals surface area contributed by atoms with Gasteiger partial charge in [0.25, 0.3) is 5.91 Å². The van der Waals surface area contributed by atoms with Crippen LogP contribution in [0.3, 0.4) is 0 Å². The molecule has 6 nitrogen and oxygen atoms in total. The molecule has 6 heteroatoms. The number of nitrogens with one attached hydrogen (secondary N) is 1. The van der Waals surface area contributed by atoms with Crippen molar-refractivity contribution in [2.45, 2.75) is 20.3 Å². The number of ether oxygens (including phenoxy) is 3. The molecule has 0 fully saturated rings. The first kappa shape index (κ1) is 18.5. The molecule has 0 aliphatic carbocycles. The van der Waals surface area contributed by atoms with Crippen LogP contribution in [0.2, 0.25) is 0 Å². The Morgan fingerprint density at radius 3 is 2.65 bits per heavy atom. The Bertz CT molecular complexity index is 554. The maximum absolute atomic E-state index is 11.6. The van der Waals surface area contributed by atoms with Crippen LogP contribution in [0.5, 0.6) is 11.5 Å². The van der Waals surface area contributed by atoms with E-state index in [1.807, 2.05) is 13.8 Å². The van der Waals surface area contributed by atoms with Gasteiger partial charge in [-0.2, -0.15) is 0 Å². The first-order chi connectivity index (χ1) is 11.1. The van der Waals surface area contributed by atoms with Gasteiger partial charge in [0.2, 0.25) is 0 Å². The van der Waals surface area contributed by atoms with Crippen LogP contribution in [-0.4, -0.2) is 38.7 Å². The zero-order valence-corrected chi connectivity index (χ0v) is 13.8. The van der Waals surface area contributed by atoms with Gasteiger partial charge in [0, 0.05) is 12.6 Å². The minimum absolute atomic E-state index is 0.282. The van der Waals surface area contributed by atoms with Gasteiger partial charge >= 0.3 is 5.97 Å². The standard InChI is InChI=1S/C17H23NO5/c1-4-10-18-16(19)12-23-17(20)9-7-13-6-8-14(21-3)15(11-13)22-5-2/h6-9,11H,4-5,10,12H2,1-3H3,(H,18,19)/b9-7+. The van der Waals surface area contributed by atoms with Crippen molar-refractivity contribution in [3.05, 3.63) is 29.8 Å². The summed E-state index contributed by atoms with van der Waals surface area (Å²) in [5.41, 5.74) is 0.765. The average molecular weight is 321 g/mol. The molecule has 0 aromatic heterocycles. The lowest BCUT2D eigenvalue weighted by Crippen LogP contribution is -2.28. The minimum Gasteiger partial charge on any atom is -0.493 e. The van der Waals surface area contributed by atoms with E-state index >= 15 is 0 Å². The molecule has 0 saturated carbocycles. The van der Waals surface area contributed by atoms with E-state index in [9.17, 15) is 9.59 Å². The molecule has 0 aliphatic rings. The summed E-state index contributed by atoms with van der Waals surface area (Å²) in [5.74, 6) is 0.339. The van der Waals surface area contributed by atoms with Gasteiger partial charge < -0.3 is 19.5 Å². The van der Waals surface area contributed by atoms with Gasteiger partial charge in [-0.3, -0.25) is 4.79 Å². The van der Waals surface area contributed by atoms with E-state index in [1.165, 1.54) is 6.08 Å². The number of carbonyl (C=O) groups excluding carboxylic acids is 2. The van der Waals surface area contributed by atoms with Gasteiger partial charge in [0.15, 0.2) is 18.1 Å². The summed E-state index contributed by atoms with van der Waals surface area (Å²) < 4.78 is 15.5. The van der Waals surface area contributed by atoms with Crippen molar-refractivity contribution in [2.24, 2.45) is 0 Å². The molecule has 1 amide bonds. The predicted octanol–water partition coefficient (Wildman–Crippen LogP) is 2.18. The molecule has 1 aromatic rings. The van der Waals surface area contributed by atoms with Crippen molar-refractivity contribution in [3.8, 4) is 11.5 Å². The Balaban J connectivity index is 2.57. The number of methoxy groups -OCH3 is 1. The van der Waals surface area contributed by atoms with E-state index in [0.717, 1.165) is 12.0 Å². The third kappa shape index (κ3) is 6.86. The van der Waals surface area contributed by atoms with Crippen LogP contribution in [0.15, 0.2) is 24.3 Å². The summed E-state index contributed by atoms with van der Waals surface area (Å²) in [6, 6.07) is 5.31. The largest absolute Gasteiger partial charge is 0.493 e. The molecule has 1 aromatic carbocycles. The monoisotopic (exact) mass is 321 g/mol. The number of rotatable bonds is 9. The van der Waals surface area contributed by atoms with Crippen LogP contribution in [0, 0.1) is 0 Å². The summed E-state index contributed by atoms with van der Waals surface area (Å²) in [4.78, 5) is 22.9. The predicted molar refractivity (Wildman–Crippen MR) is 87.5 cm³/mol. The molecule has 0 atom stereocenters. The number of hydrogen-bond acceptors (Lipinski definition) is 5. The maximum atomic E-state index is 11.6. The van der Waals surface area contributed by atoms with Crippen LogP contribution >= 0.6 is 0 Å². The Morgan fingerprint density at radius 1 is 1.22 bits per heavy atom. The molecule has 0 radical (unpaired) electrons. The van der Waals surface area contributed by atoms with Gasteiger partial charge in [-0.25, -0.2) is 4.79 Å². The molecule has 0 spiro atoms. The first-order valence-corrected chi connectivity index (χ1v) is 7.53. The molecular formula is C17H23NO5. The second-order valence-electron chi connectivity index (χ2n) is 4.63. The maximum Gasteiger partial charge on any atom is 0.331 e. The normalized spacial score (nSPS) is 10.4. The Kier molecular flexibility index (Phi) is 8.28. The zero-order valence-electron chi connectivity index (χ0n) is 13.8. The SMILES string of the molecule is CCCNC(=O)COC(=O)/C=C/c1ccc(OC)c(OCC)c1. The Morgan fingerprint density at radius 2 is 2.00 bits per heavy atom. The zero-order chi connectivity index (χ0) is 17.1. The van der Waals surface area contributed by atoms with E-state index in [1.54, 1.807) is 31.4 Å².